The van der Waals surface area contributed by atoms with Crippen molar-refractivity contribution in [2.24, 2.45) is 0 Å². The molecular weight excluding hydrogens is 328 g/mol. The van der Waals surface area contributed by atoms with Crippen molar-refractivity contribution in [3.05, 3.63) is 70.9 Å². The Morgan fingerprint density at radius 1 is 1.04 bits per heavy atom. The number of imidazole rings is 1. The maximum absolute atomic E-state index is 13.2. The molecule has 0 spiro atoms. The van der Waals surface area contributed by atoms with Crippen LogP contribution in [0.1, 0.15) is 32.0 Å². The molecule has 2 amide bonds. The Bertz CT molecular complexity index is 1300. The number of anilines is 1. The second-order valence-electron chi connectivity index (χ2n) is 6.32. The van der Waals surface area contributed by atoms with Crippen molar-refractivity contribution in [3.8, 4) is 6.07 Å². The topological polar surface area (TPSA) is 81.4 Å². The van der Waals surface area contributed by atoms with Gasteiger partial charge in [-0.05, 0) is 36.8 Å². The van der Waals surface area contributed by atoms with Gasteiger partial charge in [-0.1, -0.05) is 24.3 Å². The average Bonchev–Trinajstić information content (AvgIpc) is 3.22. The molecular formula is C20H12N4O2. The molecule has 0 saturated heterocycles. The third-order valence-electron chi connectivity index (χ3n) is 4.76. The summed E-state index contributed by atoms with van der Waals surface area (Å²) in [7, 11) is 0. The summed E-state index contributed by atoms with van der Waals surface area (Å²) in [6.45, 7) is 1.90. The van der Waals surface area contributed by atoms with E-state index < -0.39 is 11.8 Å². The number of hydrogen-bond donors (Lipinski definition) is 1. The number of carbonyl (C=O) groups excluding carboxylic acids is 2. The number of para-hydroxylation sites is 2. The van der Waals surface area contributed by atoms with Crippen LogP contribution in [0.25, 0.3) is 16.7 Å². The van der Waals surface area contributed by atoms with Crippen LogP contribution in [0.5, 0.6) is 0 Å². The molecule has 1 aliphatic rings. The number of amides is 2. The van der Waals surface area contributed by atoms with Crippen LogP contribution in [0, 0.1) is 18.3 Å². The Balaban J connectivity index is 1.85. The molecule has 1 aliphatic heterocycles. The molecule has 2 aromatic carbocycles. The van der Waals surface area contributed by atoms with Crippen molar-refractivity contribution >= 4 is 34.2 Å². The molecule has 0 radical (unpaired) electrons. The van der Waals surface area contributed by atoms with Gasteiger partial charge in [0, 0.05) is 0 Å². The third kappa shape index (κ3) is 1.64. The minimum absolute atomic E-state index is 0.163. The van der Waals surface area contributed by atoms with E-state index in [1.165, 1.54) is 0 Å². The first kappa shape index (κ1) is 14.5. The maximum atomic E-state index is 13.2. The number of imide groups is 1. The van der Waals surface area contributed by atoms with Crippen LogP contribution in [-0.4, -0.2) is 21.2 Å². The number of nitrogens with zero attached hydrogens (tertiary/aromatic N) is 3. The molecule has 124 valence electrons. The molecule has 0 aliphatic carbocycles. The quantitative estimate of drug-likeness (QED) is 0.539. The van der Waals surface area contributed by atoms with Gasteiger partial charge in [0.2, 0.25) is 0 Å². The van der Waals surface area contributed by atoms with Crippen LogP contribution >= 0.6 is 0 Å². The van der Waals surface area contributed by atoms with Gasteiger partial charge in [0.15, 0.2) is 0 Å². The highest BCUT2D eigenvalue weighted by molar-refractivity contribution is 6.35. The normalized spacial score (nSPS) is 13.6. The second-order valence-corrected chi connectivity index (χ2v) is 6.32. The fourth-order valence-corrected chi connectivity index (χ4v) is 3.66. The van der Waals surface area contributed by atoms with E-state index in [4.69, 9.17) is 0 Å². The highest BCUT2D eigenvalue weighted by Crippen LogP contribution is 2.36. The number of benzene rings is 2. The van der Waals surface area contributed by atoms with Gasteiger partial charge in [0.05, 0.1) is 22.3 Å². The Morgan fingerprint density at radius 2 is 1.85 bits per heavy atom. The van der Waals surface area contributed by atoms with Crippen LogP contribution in [0.4, 0.5) is 5.69 Å². The van der Waals surface area contributed by atoms with Gasteiger partial charge >= 0.3 is 0 Å². The summed E-state index contributed by atoms with van der Waals surface area (Å²) in [5.41, 5.74) is 4.09. The number of aryl methyl sites for hydroxylation is 1. The van der Waals surface area contributed by atoms with E-state index >= 15 is 0 Å². The lowest BCUT2D eigenvalue weighted by molar-refractivity contribution is 0.0924. The number of carbonyl (C=O) groups is 2. The van der Waals surface area contributed by atoms with Gasteiger partial charge in [0.1, 0.15) is 23.0 Å². The van der Waals surface area contributed by atoms with Gasteiger partial charge in [-0.15, -0.1) is 0 Å². The molecule has 2 aromatic heterocycles. The number of fused-ring (bicyclic) bond motifs is 5. The monoisotopic (exact) mass is 340 g/mol. The smallest absolute Gasteiger partial charge is 0.283 e. The Hall–Kier alpha value is -3.85. The third-order valence-corrected chi connectivity index (χ3v) is 4.76. The summed E-state index contributed by atoms with van der Waals surface area (Å²) in [5.74, 6) is -0.884. The van der Waals surface area contributed by atoms with Crippen molar-refractivity contribution in [1.82, 2.24) is 9.38 Å². The number of H-pyrrole nitrogens is 1. The Kier molecular flexibility index (Phi) is 2.69. The summed E-state index contributed by atoms with van der Waals surface area (Å²) in [4.78, 5) is 30.5. The van der Waals surface area contributed by atoms with E-state index in [0.717, 1.165) is 21.5 Å². The van der Waals surface area contributed by atoms with E-state index in [9.17, 15) is 14.9 Å². The van der Waals surface area contributed by atoms with Gasteiger partial charge in [-0.3, -0.25) is 14.0 Å². The van der Waals surface area contributed by atoms with Crippen molar-refractivity contribution in [3.63, 3.8) is 0 Å². The lowest BCUT2D eigenvalue weighted by Crippen LogP contribution is -2.30. The lowest BCUT2D eigenvalue weighted by Gasteiger charge is -2.14. The van der Waals surface area contributed by atoms with Gasteiger partial charge < -0.3 is 4.98 Å². The first-order chi connectivity index (χ1) is 12.6. The summed E-state index contributed by atoms with van der Waals surface area (Å²) >= 11 is 0. The zero-order valence-corrected chi connectivity index (χ0v) is 13.8. The van der Waals surface area contributed by atoms with Gasteiger partial charge in [0.25, 0.3) is 11.8 Å². The van der Waals surface area contributed by atoms with Crippen molar-refractivity contribution in [1.29, 1.82) is 5.26 Å². The minimum Gasteiger partial charge on any atom is -0.338 e. The van der Waals surface area contributed by atoms with Gasteiger partial charge in [-0.25, -0.2) is 4.90 Å². The molecule has 3 heterocycles. The second kappa shape index (κ2) is 4.83. The maximum Gasteiger partial charge on any atom is 0.283 e. The standard InChI is InChI=1S/C20H12N4O2/c1-11-5-4-6-12(9-11)23-19(25)16-13(10-21)18-22-14-7-2-3-8-15(14)24(18)17(16)20(23)26/h2-9,22H,1H3. The van der Waals surface area contributed by atoms with E-state index in [1.807, 2.05) is 37.3 Å². The first-order valence-electron chi connectivity index (χ1n) is 8.12. The molecule has 0 saturated carbocycles. The summed E-state index contributed by atoms with van der Waals surface area (Å²) in [6, 6.07) is 16.7. The number of nitrogens with one attached hydrogen (secondary N) is 1. The molecule has 1 N–H and O–H groups in total. The van der Waals surface area contributed by atoms with Gasteiger partial charge in [-0.2, -0.15) is 5.26 Å². The molecule has 0 bridgehead atoms. The number of aromatic nitrogens is 2. The number of nitriles is 1. The highest BCUT2D eigenvalue weighted by Gasteiger charge is 2.43. The predicted molar refractivity (Wildman–Crippen MR) is 96.3 cm³/mol. The molecule has 26 heavy (non-hydrogen) atoms. The van der Waals surface area contributed by atoms with E-state index in [2.05, 4.69) is 11.1 Å². The molecule has 0 fully saturated rings. The molecule has 0 atom stereocenters. The van der Waals surface area contributed by atoms with Crippen LogP contribution in [0.15, 0.2) is 48.5 Å². The lowest BCUT2D eigenvalue weighted by atomic mass is 10.1. The predicted octanol–water partition coefficient (Wildman–Crippen LogP) is 3.40. The van der Waals surface area contributed by atoms with Crippen molar-refractivity contribution in [2.75, 3.05) is 4.90 Å². The molecule has 4 aromatic rings. The number of aromatic amines is 1. The van der Waals surface area contributed by atoms with Crippen LogP contribution in [0.3, 0.4) is 0 Å². The zero-order chi connectivity index (χ0) is 18.0. The summed E-state index contributed by atoms with van der Waals surface area (Å²) in [5, 5.41) is 9.65. The van der Waals surface area contributed by atoms with E-state index in [-0.39, 0.29) is 16.8 Å². The molecule has 0 unspecified atom stereocenters. The summed E-state index contributed by atoms with van der Waals surface area (Å²) in [6.07, 6.45) is 0. The average molecular weight is 340 g/mol. The van der Waals surface area contributed by atoms with Crippen LogP contribution < -0.4 is 4.90 Å². The number of rotatable bonds is 1. The molecule has 6 heteroatoms. The van der Waals surface area contributed by atoms with E-state index in [0.29, 0.717) is 11.3 Å². The van der Waals surface area contributed by atoms with Crippen molar-refractivity contribution in [2.45, 2.75) is 6.92 Å². The van der Waals surface area contributed by atoms with Crippen LogP contribution in [0.2, 0.25) is 0 Å². The first-order valence-corrected chi connectivity index (χ1v) is 8.12. The molecule has 6 nitrogen and oxygen atoms in total. The summed E-state index contributed by atoms with van der Waals surface area (Å²) < 4.78 is 1.68. The highest BCUT2D eigenvalue weighted by atomic mass is 16.2. The fourth-order valence-electron chi connectivity index (χ4n) is 3.66. The van der Waals surface area contributed by atoms with Crippen LogP contribution in [-0.2, 0) is 0 Å². The Morgan fingerprint density at radius 3 is 2.62 bits per heavy atom. The fraction of sp³-hybridized carbons (Fsp3) is 0.0500. The largest absolute Gasteiger partial charge is 0.338 e. The van der Waals surface area contributed by atoms with Crippen molar-refractivity contribution < 1.29 is 9.59 Å². The molecule has 5 rings (SSSR count). The Labute approximate surface area is 147 Å². The number of hydrogen-bond acceptors (Lipinski definition) is 3. The minimum atomic E-state index is -0.465. The SMILES string of the molecule is Cc1cccc(N2C(=O)c3c(C#N)c4[nH]c5ccccc5n4c3C2=O)c1. The van der Waals surface area contributed by atoms with E-state index in [1.54, 1.807) is 22.6 Å². The zero-order valence-electron chi connectivity index (χ0n) is 13.8.